The minimum atomic E-state index is -0.320. The second kappa shape index (κ2) is 6.13. The molecule has 0 amide bonds. The summed E-state index contributed by atoms with van der Waals surface area (Å²) in [4.78, 5) is 0. The number of hydrogen-bond acceptors (Lipinski definition) is 2. The number of halogens is 2. The van der Waals surface area contributed by atoms with Crippen molar-refractivity contribution in [2.45, 2.75) is 57.6 Å². The molecule has 2 aliphatic rings. The highest BCUT2D eigenvalue weighted by atomic mass is 35.5. The second-order valence-electron chi connectivity index (χ2n) is 6.32. The molecule has 0 aromatic heterocycles. The molecule has 1 spiro atoms. The Labute approximate surface area is 131 Å². The third-order valence-corrected chi connectivity index (χ3v) is 5.48. The highest BCUT2D eigenvalue weighted by Gasteiger charge is 2.56. The first-order valence-electron chi connectivity index (χ1n) is 8.01. The van der Waals surface area contributed by atoms with Crippen LogP contribution in [0.2, 0.25) is 5.02 Å². The van der Waals surface area contributed by atoms with Crippen molar-refractivity contribution in [2.24, 2.45) is 5.41 Å². The molecule has 2 aliphatic carbocycles. The van der Waals surface area contributed by atoms with Crippen molar-refractivity contribution in [3.05, 3.63) is 29.0 Å². The molecule has 3 rings (SSSR count). The first-order chi connectivity index (χ1) is 10.2. The van der Waals surface area contributed by atoms with E-state index < -0.39 is 0 Å². The minimum Gasteiger partial charge on any atom is -0.488 e. The SMILES string of the molecule is CCNC1CC(Oc2ccc(F)cc2Cl)C12CCCCC2. The summed E-state index contributed by atoms with van der Waals surface area (Å²) in [5.41, 5.74) is 0.242. The highest BCUT2D eigenvalue weighted by molar-refractivity contribution is 6.32. The molecule has 2 saturated carbocycles. The molecule has 2 unspecified atom stereocenters. The molecule has 116 valence electrons. The van der Waals surface area contributed by atoms with Gasteiger partial charge in [0.2, 0.25) is 0 Å². The highest BCUT2D eigenvalue weighted by Crippen LogP contribution is 2.53. The van der Waals surface area contributed by atoms with Gasteiger partial charge in [0.05, 0.1) is 5.02 Å². The van der Waals surface area contributed by atoms with Gasteiger partial charge in [-0.05, 0) is 37.6 Å². The van der Waals surface area contributed by atoms with Gasteiger partial charge in [0.15, 0.2) is 0 Å². The normalized spacial score (nSPS) is 27.4. The molecule has 0 heterocycles. The Morgan fingerprint density at radius 3 is 2.76 bits per heavy atom. The van der Waals surface area contributed by atoms with Gasteiger partial charge in [-0.15, -0.1) is 0 Å². The van der Waals surface area contributed by atoms with Crippen LogP contribution in [0.4, 0.5) is 4.39 Å². The Bertz CT molecular complexity index is 502. The molecule has 0 saturated heterocycles. The van der Waals surface area contributed by atoms with Gasteiger partial charge >= 0.3 is 0 Å². The molecule has 0 bridgehead atoms. The quantitative estimate of drug-likeness (QED) is 0.880. The van der Waals surface area contributed by atoms with Crippen molar-refractivity contribution in [2.75, 3.05) is 6.54 Å². The van der Waals surface area contributed by atoms with E-state index in [9.17, 15) is 4.39 Å². The molecule has 1 N–H and O–H groups in total. The van der Waals surface area contributed by atoms with Crippen LogP contribution in [0.25, 0.3) is 0 Å². The number of rotatable bonds is 4. The first-order valence-corrected chi connectivity index (χ1v) is 8.38. The Morgan fingerprint density at radius 2 is 2.10 bits per heavy atom. The van der Waals surface area contributed by atoms with Gasteiger partial charge in [-0.3, -0.25) is 0 Å². The van der Waals surface area contributed by atoms with Gasteiger partial charge in [-0.25, -0.2) is 4.39 Å². The van der Waals surface area contributed by atoms with Crippen molar-refractivity contribution in [1.82, 2.24) is 5.32 Å². The summed E-state index contributed by atoms with van der Waals surface area (Å²) in [5.74, 6) is 0.293. The molecule has 1 aromatic rings. The Morgan fingerprint density at radius 1 is 1.33 bits per heavy atom. The largest absolute Gasteiger partial charge is 0.488 e. The lowest BCUT2D eigenvalue weighted by molar-refractivity contribution is -0.102. The minimum absolute atomic E-state index is 0.199. The maximum atomic E-state index is 13.1. The van der Waals surface area contributed by atoms with Crippen molar-refractivity contribution in [3.8, 4) is 5.75 Å². The van der Waals surface area contributed by atoms with E-state index >= 15 is 0 Å². The maximum absolute atomic E-state index is 13.1. The first kappa shape index (κ1) is 15.1. The van der Waals surface area contributed by atoms with Crippen molar-refractivity contribution in [3.63, 3.8) is 0 Å². The van der Waals surface area contributed by atoms with Crippen LogP contribution >= 0.6 is 11.6 Å². The molecule has 0 aliphatic heterocycles. The standard InChI is InChI=1S/C17H23ClFNO/c1-2-20-15-11-16(17(15)8-4-3-5-9-17)21-14-7-6-12(19)10-13(14)18/h6-7,10,15-16,20H,2-5,8-9,11H2,1H3. The summed E-state index contributed by atoms with van der Waals surface area (Å²) in [6.45, 7) is 3.15. The lowest BCUT2D eigenvalue weighted by Gasteiger charge is -2.57. The zero-order chi connectivity index (χ0) is 14.9. The number of ether oxygens (including phenoxy) is 1. The van der Waals surface area contributed by atoms with E-state index in [4.69, 9.17) is 16.3 Å². The summed E-state index contributed by atoms with van der Waals surface area (Å²) < 4.78 is 19.3. The smallest absolute Gasteiger partial charge is 0.138 e. The summed E-state index contributed by atoms with van der Waals surface area (Å²) >= 11 is 6.10. The molecular weight excluding hydrogens is 289 g/mol. The van der Waals surface area contributed by atoms with Crippen LogP contribution in [-0.4, -0.2) is 18.7 Å². The zero-order valence-electron chi connectivity index (χ0n) is 12.5. The monoisotopic (exact) mass is 311 g/mol. The summed E-state index contributed by atoms with van der Waals surface area (Å²) in [7, 11) is 0. The average molecular weight is 312 g/mol. The maximum Gasteiger partial charge on any atom is 0.138 e. The van der Waals surface area contributed by atoms with Crippen LogP contribution in [0.3, 0.4) is 0 Å². The van der Waals surface area contributed by atoms with Crippen LogP contribution in [0.5, 0.6) is 5.75 Å². The van der Waals surface area contributed by atoms with Crippen molar-refractivity contribution < 1.29 is 9.13 Å². The fourth-order valence-corrected chi connectivity index (χ4v) is 4.26. The number of benzene rings is 1. The van der Waals surface area contributed by atoms with Crippen LogP contribution in [0.1, 0.15) is 45.4 Å². The molecule has 1 aromatic carbocycles. The van der Waals surface area contributed by atoms with E-state index in [0.29, 0.717) is 16.8 Å². The van der Waals surface area contributed by atoms with E-state index in [1.165, 1.54) is 44.2 Å². The summed E-state index contributed by atoms with van der Waals surface area (Å²) in [6.07, 6.45) is 7.52. The van der Waals surface area contributed by atoms with Gasteiger partial charge in [0.25, 0.3) is 0 Å². The third-order valence-electron chi connectivity index (χ3n) is 5.18. The summed E-state index contributed by atoms with van der Waals surface area (Å²) in [6, 6.07) is 4.93. The topological polar surface area (TPSA) is 21.3 Å². The van der Waals surface area contributed by atoms with Gasteiger partial charge in [0, 0.05) is 17.9 Å². The van der Waals surface area contributed by atoms with Crippen LogP contribution in [0.15, 0.2) is 18.2 Å². The average Bonchev–Trinajstić information content (AvgIpc) is 2.49. The molecular formula is C17H23ClFNO. The Hall–Kier alpha value is -0.800. The lowest BCUT2D eigenvalue weighted by Crippen LogP contribution is -2.65. The van der Waals surface area contributed by atoms with Crippen LogP contribution in [0, 0.1) is 11.2 Å². The van der Waals surface area contributed by atoms with Crippen LogP contribution in [-0.2, 0) is 0 Å². The number of nitrogens with one attached hydrogen (secondary N) is 1. The molecule has 2 atom stereocenters. The van der Waals surface area contributed by atoms with E-state index in [1.54, 1.807) is 6.07 Å². The van der Waals surface area contributed by atoms with Gasteiger partial charge in [0.1, 0.15) is 17.7 Å². The molecule has 0 radical (unpaired) electrons. The molecule has 21 heavy (non-hydrogen) atoms. The molecule has 2 nitrogen and oxygen atoms in total. The zero-order valence-corrected chi connectivity index (χ0v) is 13.3. The predicted molar refractivity (Wildman–Crippen MR) is 83.4 cm³/mol. The second-order valence-corrected chi connectivity index (χ2v) is 6.73. The fraction of sp³-hybridized carbons (Fsp3) is 0.647. The fourth-order valence-electron chi connectivity index (χ4n) is 4.05. The predicted octanol–water partition coefficient (Wildman–Crippen LogP) is 4.56. The van der Waals surface area contributed by atoms with Crippen LogP contribution < -0.4 is 10.1 Å². The molecule has 2 fully saturated rings. The van der Waals surface area contributed by atoms with Crippen molar-refractivity contribution in [1.29, 1.82) is 0 Å². The molecule has 4 heteroatoms. The van der Waals surface area contributed by atoms with E-state index in [0.717, 1.165) is 13.0 Å². The third kappa shape index (κ3) is 2.78. The lowest BCUT2D eigenvalue weighted by atomic mass is 9.55. The van der Waals surface area contributed by atoms with E-state index in [2.05, 4.69) is 12.2 Å². The Balaban J connectivity index is 1.75. The van der Waals surface area contributed by atoms with Crippen molar-refractivity contribution >= 4 is 11.6 Å². The van der Waals surface area contributed by atoms with Gasteiger partial charge < -0.3 is 10.1 Å². The summed E-state index contributed by atoms with van der Waals surface area (Å²) in [5, 5.41) is 3.98. The van der Waals surface area contributed by atoms with E-state index in [-0.39, 0.29) is 17.3 Å². The van der Waals surface area contributed by atoms with Gasteiger partial charge in [-0.1, -0.05) is 37.8 Å². The van der Waals surface area contributed by atoms with E-state index in [1.807, 2.05) is 0 Å². The number of hydrogen-bond donors (Lipinski definition) is 1. The Kier molecular flexibility index (Phi) is 4.41. The van der Waals surface area contributed by atoms with Gasteiger partial charge in [-0.2, -0.15) is 0 Å².